The van der Waals surface area contributed by atoms with Gasteiger partial charge in [0.2, 0.25) is 5.16 Å². The summed E-state index contributed by atoms with van der Waals surface area (Å²) in [6.07, 6.45) is -4.77. The van der Waals surface area contributed by atoms with Crippen LogP contribution in [0.4, 0.5) is 13.2 Å². The van der Waals surface area contributed by atoms with Gasteiger partial charge in [-0.05, 0) is 38.7 Å². The molecule has 1 amide bonds. The highest BCUT2D eigenvalue weighted by atomic mass is 32.2. The van der Waals surface area contributed by atoms with Crippen LogP contribution in [0, 0.1) is 0 Å². The van der Waals surface area contributed by atoms with Crippen molar-refractivity contribution in [1.29, 1.82) is 0 Å². The number of rotatable bonds is 4. The van der Waals surface area contributed by atoms with E-state index >= 15 is 0 Å². The van der Waals surface area contributed by atoms with Crippen molar-refractivity contribution in [3.63, 3.8) is 0 Å². The Labute approximate surface area is 146 Å². The average molecular weight is 386 g/mol. The molecule has 0 aliphatic carbocycles. The summed E-state index contributed by atoms with van der Waals surface area (Å²) in [5, 5.41) is 21.0. The lowest BCUT2D eigenvalue weighted by Gasteiger charge is -2.14. The molecule has 26 heavy (non-hydrogen) atoms. The van der Waals surface area contributed by atoms with Crippen molar-refractivity contribution in [2.24, 2.45) is 19.8 Å². The molecule has 15 heteroatoms. The molecule has 0 saturated heterocycles. The number of halogens is 3. The van der Waals surface area contributed by atoms with Crippen molar-refractivity contribution in [2.45, 2.75) is 16.4 Å². The van der Waals surface area contributed by atoms with Gasteiger partial charge in [-0.25, -0.2) is 14.3 Å². The summed E-state index contributed by atoms with van der Waals surface area (Å²) >= 11 is 0.660. The Bertz CT molecular complexity index is 981. The summed E-state index contributed by atoms with van der Waals surface area (Å²) in [5.41, 5.74) is 3.67. The average Bonchev–Trinajstić information content (AvgIpc) is 3.14. The molecule has 3 heterocycles. The molecule has 0 bridgehead atoms. The summed E-state index contributed by atoms with van der Waals surface area (Å²) in [4.78, 5) is 15.5. The Morgan fingerprint density at radius 1 is 1.15 bits per heavy atom. The number of hydrogen-bond donors (Lipinski definition) is 1. The van der Waals surface area contributed by atoms with E-state index in [2.05, 4.69) is 36.0 Å². The number of primary amides is 1. The molecule has 11 nitrogen and oxygen atoms in total. The minimum absolute atomic E-state index is 0.0790. The first-order valence-corrected chi connectivity index (χ1v) is 7.55. The third-order valence-electron chi connectivity index (χ3n) is 3.15. The fourth-order valence-electron chi connectivity index (χ4n) is 2.01. The number of aromatic nitrogens is 9. The van der Waals surface area contributed by atoms with Gasteiger partial charge in [-0.3, -0.25) is 4.79 Å². The quantitative estimate of drug-likeness (QED) is 0.658. The Balaban J connectivity index is 2.29. The van der Waals surface area contributed by atoms with Crippen LogP contribution in [-0.2, 0) is 20.3 Å². The highest BCUT2D eigenvalue weighted by molar-refractivity contribution is 7.99. The first-order chi connectivity index (χ1) is 12.2. The van der Waals surface area contributed by atoms with Gasteiger partial charge < -0.3 is 5.73 Å². The zero-order valence-electron chi connectivity index (χ0n) is 13.1. The molecule has 0 saturated carbocycles. The normalized spacial score (nSPS) is 11.7. The van der Waals surface area contributed by atoms with E-state index in [0.29, 0.717) is 17.8 Å². The van der Waals surface area contributed by atoms with Crippen LogP contribution in [0.3, 0.4) is 0 Å². The van der Waals surface area contributed by atoms with Crippen LogP contribution in [-0.4, -0.2) is 51.3 Å². The molecule has 0 unspecified atom stereocenters. The first-order valence-electron chi connectivity index (χ1n) is 6.73. The van der Waals surface area contributed by atoms with Gasteiger partial charge in [-0.1, -0.05) is 0 Å². The number of carbonyl (C=O) groups excluding carboxylic acids is 1. The molecule has 136 valence electrons. The Hall–Kier alpha value is -3.10. The van der Waals surface area contributed by atoms with Crippen LogP contribution in [0.1, 0.15) is 16.1 Å². The molecule has 0 atom stereocenters. The number of carbonyl (C=O) groups is 1. The lowest BCUT2D eigenvalue weighted by atomic mass is 10.1. The first kappa shape index (κ1) is 17.7. The molecule has 3 rings (SSSR count). The van der Waals surface area contributed by atoms with Gasteiger partial charge in [-0.2, -0.15) is 13.2 Å². The number of tetrazole rings is 2. The second kappa shape index (κ2) is 6.32. The van der Waals surface area contributed by atoms with E-state index < -0.39 is 17.8 Å². The van der Waals surface area contributed by atoms with E-state index in [1.807, 2.05) is 0 Å². The second-order valence-electron chi connectivity index (χ2n) is 4.91. The molecule has 0 aromatic carbocycles. The van der Waals surface area contributed by atoms with Crippen LogP contribution in [0.15, 0.2) is 16.2 Å². The Kier molecular flexibility index (Phi) is 4.31. The van der Waals surface area contributed by atoms with E-state index in [1.165, 1.54) is 18.8 Å². The van der Waals surface area contributed by atoms with E-state index in [-0.39, 0.29) is 27.1 Å². The highest BCUT2D eigenvalue weighted by Crippen LogP contribution is 2.37. The van der Waals surface area contributed by atoms with Crippen molar-refractivity contribution < 1.29 is 18.0 Å². The summed E-state index contributed by atoms with van der Waals surface area (Å²) in [5.74, 6) is -1.08. The molecule has 3 aromatic heterocycles. The highest BCUT2D eigenvalue weighted by Gasteiger charge is 2.36. The van der Waals surface area contributed by atoms with Crippen LogP contribution in [0.5, 0.6) is 0 Å². The van der Waals surface area contributed by atoms with Gasteiger partial charge in [0, 0.05) is 19.7 Å². The Morgan fingerprint density at radius 2 is 1.81 bits per heavy atom. The number of alkyl halides is 3. The minimum Gasteiger partial charge on any atom is -0.365 e. The molecule has 3 aromatic rings. The topological polar surface area (TPSA) is 143 Å². The molecule has 0 aliphatic rings. The van der Waals surface area contributed by atoms with E-state index in [9.17, 15) is 18.0 Å². The van der Waals surface area contributed by atoms with Crippen molar-refractivity contribution in [1.82, 2.24) is 45.4 Å². The van der Waals surface area contributed by atoms with Crippen molar-refractivity contribution >= 4 is 17.7 Å². The van der Waals surface area contributed by atoms with Crippen molar-refractivity contribution in [2.75, 3.05) is 0 Å². The van der Waals surface area contributed by atoms with Crippen LogP contribution >= 0.6 is 11.8 Å². The zero-order chi connectivity index (χ0) is 19.1. The molecule has 2 N–H and O–H groups in total. The monoisotopic (exact) mass is 386 g/mol. The third kappa shape index (κ3) is 3.19. The van der Waals surface area contributed by atoms with E-state index in [0.717, 1.165) is 4.68 Å². The number of nitrogens with two attached hydrogens (primary N) is 1. The zero-order valence-corrected chi connectivity index (χ0v) is 13.9. The van der Waals surface area contributed by atoms with Crippen LogP contribution < -0.4 is 5.73 Å². The molecule has 0 fully saturated rings. The van der Waals surface area contributed by atoms with Gasteiger partial charge in [-0.15, -0.1) is 10.2 Å². The predicted molar refractivity (Wildman–Crippen MR) is 78.5 cm³/mol. The lowest BCUT2D eigenvalue weighted by molar-refractivity contribution is -0.141. The number of nitrogens with zero attached hydrogens (tertiary/aromatic N) is 9. The van der Waals surface area contributed by atoms with Gasteiger partial charge in [0.05, 0.1) is 5.56 Å². The fraction of sp³-hybridized carbons (Fsp3) is 0.273. The number of amides is 1. The Morgan fingerprint density at radius 3 is 2.31 bits per heavy atom. The number of hydrogen-bond acceptors (Lipinski definition) is 9. The van der Waals surface area contributed by atoms with Crippen LogP contribution in [0.25, 0.3) is 11.4 Å². The SMILES string of the molecule is Cn1nnnc1Sc1nc(C(F)(F)F)cc(-c2nnnn2C)c1C(N)=O. The summed E-state index contributed by atoms with van der Waals surface area (Å²) in [6, 6.07) is 0.671. The van der Waals surface area contributed by atoms with Gasteiger partial charge in [0.15, 0.2) is 5.82 Å². The lowest BCUT2D eigenvalue weighted by Crippen LogP contribution is -2.19. The van der Waals surface area contributed by atoms with Crippen LogP contribution in [0.2, 0.25) is 0 Å². The third-order valence-corrected chi connectivity index (χ3v) is 4.17. The maximum absolute atomic E-state index is 13.3. The van der Waals surface area contributed by atoms with Gasteiger partial charge in [0.25, 0.3) is 5.91 Å². The van der Waals surface area contributed by atoms with Gasteiger partial charge in [0.1, 0.15) is 10.7 Å². The molecular formula is C11H9F3N10OS. The molecule has 0 radical (unpaired) electrons. The van der Waals surface area contributed by atoms with E-state index in [1.54, 1.807) is 0 Å². The van der Waals surface area contributed by atoms with Crippen molar-refractivity contribution in [3.8, 4) is 11.4 Å². The smallest absolute Gasteiger partial charge is 0.365 e. The minimum atomic E-state index is -4.77. The maximum Gasteiger partial charge on any atom is 0.433 e. The summed E-state index contributed by atoms with van der Waals surface area (Å²) < 4.78 is 42.2. The number of pyridine rings is 1. The number of aryl methyl sites for hydroxylation is 2. The molecule has 0 spiro atoms. The predicted octanol–water partition coefficient (Wildman–Crippen LogP) is 0.0645. The maximum atomic E-state index is 13.3. The van der Waals surface area contributed by atoms with Crippen molar-refractivity contribution in [3.05, 3.63) is 17.3 Å². The largest absolute Gasteiger partial charge is 0.433 e. The van der Waals surface area contributed by atoms with E-state index in [4.69, 9.17) is 5.73 Å². The molecule has 0 aliphatic heterocycles. The standard InChI is InChI=1S/C11H9F3N10OS/c1-23-8(17-19-21-23)4-3-5(11(12,13)14)16-9(6(4)7(15)25)26-10-18-20-22-24(10)2/h3H,1-2H3,(H2,15,25). The van der Waals surface area contributed by atoms with Gasteiger partial charge >= 0.3 is 6.18 Å². The summed E-state index contributed by atoms with van der Waals surface area (Å²) in [7, 11) is 2.89. The molecular weight excluding hydrogens is 377 g/mol. The summed E-state index contributed by atoms with van der Waals surface area (Å²) in [6.45, 7) is 0. The second-order valence-corrected chi connectivity index (χ2v) is 5.87. The fourth-order valence-corrected chi connectivity index (χ4v) is 2.88.